The van der Waals surface area contributed by atoms with E-state index >= 15 is 0 Å². The molecule has 0 radical (unpaired) electrons. The minimum atomic E-state index is 0.153. The molecule has 0 spiro atoms. The van der Waals surface area contributed by atoms with Crippen molar-refractivity contribution in [1.82, 2.24) is 10.6 Å². The first kappa shape index (κ1) is 17.6. The smallest absolute Gasteiger partial charge is 0.221 e. The number of rotatable bonds is 9. The van der Waals surface area contributed by atoms with Gasteiger partial charge in [-0.2, -0.15) is 0 Å². The molecule has 0 atom stereocenters. The highest BCUT2D eigenvalue weighted by Crippen LogP contribution is 2.17. The first-order valence-corrected chi connectivity index (χ1v) is 8.55. The Morgan fingerprint density at radius 3 is 2.48 bits per heavy atom. The van der Waals surface area contributed by atoms with E-state index in [1.165, 1.54) is 19.3 Å². The molecule has 1 aliphatic rings. The molecule has 23 heavy (non-hydrogen) atoms. The Morgan fingerprint density at radius 2 is 1.78 bits per heavy atom. The van der Waals surface area contributed by atoms with Crippen LogP contribution in [0.15, 0.2) is 24.3 Å². The molecular weight excluding hydrogens is 292 g/mol. The molecule has 1 aromatic carbocycles. The number of hydrogen-bond acceptors (Lipinski definition) is 4. The van der Waals surface area contributed by atoms with E-state index in [-0.39, 0.29) is 5.91 Å². The molecule has 1 aromatic rings. The fourth-order valence-corrected chi connectivity index (χ4v) is 2.79. The molecule has 0 bridgehead atoms. The van der Waals surface area contributed by atoms with E-state index < -0.39 is 0 Å². The van der Waals surface area contributed by atoms with Crippen LogP contribution in [0.25, 0.3) is 0 Å². The van der Waals surface area contributed by atoms with Crippen molar-refractivity contribution in [3.63, 3.8) is 0 Å². The monoisotopic (exact) mass is 320 g/mol. The van der Waals surface area contributed by atoms with Gasteiger partial charge in [-0.1, -0.05) is 19.3 Å². The van der Waals surface area contributed by atoms with Crippen LogP contribution in [0.5, 0.6) is 11.5 Å². The summed E-state index contributed by atoms with van der Waals surface area (Å²) in [6.07, 6.45) is 6.59. The second kappa shape index (κ2) is 10.1. The van der Waals surface area contributed by atoms with Crippen LogP contribution in [0.2, 0.25) is 0 Å². The minimum absolute atomic E-state index is 0.153. The summed E-state index contributed by atoms with van der Waals surface area (Å²) in [4.78, 5) is 11.8. The highest BCUT2D eigenvalue weighted by atomic mass is 16.5. The number of hydrogen-bond donors (Lipinski definition) is 2. The normalized spacial score (nSPS) is 15.2. The fourth-order valence-electron chi connectivity index (χ4n) is 2.79. The Hall–Kier alpha value is -1.75. The van der Waals surface area contributed by atoms with Gasteiger partial charge in [0.15, 0.2) is 0 Å². The number of carbonyl (C=O) groups excluding carboxylic acids is 1. The summed E-state index contributed by atoms with van der Waals surface area (Å²) in [5.41, 5.74) is 0. The van der Waals surface area contributed by atoms with Gasteiger partial charge in [-0.3, -0.25) is 4.79 Å². The van der Waals surface area contributed by atoms with Gasteiger partial charge < -0.3 is 20.1 Å². The van der Waals surface area contributed by atoms with E-state index in [1.54, 1.807) is 7.11 Å². The van der Waals surface area contributed by atoms with Crippen LogP contribution >= 0.6 is 0 Å². The molecule has 0 heterocycles. The molecule has 0 aromatic heterocycles. The third-order valence-corrected chi connectivity index (χ3v) is 4.11. The molecule has 0 unspecified atom stereocenters. The molecule has 1 saturated carbocycles. The zero-order valence-corrected chi connectivity index (χ0v) is 14.0. The summed E-state index contributed by atoms with van der Waals surface area (Å²) < 4.78 is 10.7. The van der Waals surface area contributed by atoms with E-state index in [0.29, 0.717) is 25.6 Å². The zero-order valence-electron chi connectivity index (χ0n) is 14.0. The second-order valence-corrected chi connectivity index (χ2v) is 5.93. The van der Waals surface area contributed by atoms with Crippen LogP contribution in [0.3, 0.4) is 0 Å². The average Bonchev–Trinajstić information content (AvgIpc) is 2.59. The quantitative estimate of drug-likeness (QED) is 0.686. The summed E-state index contributed by atoms with van der Waals surface area (Å²) in [6.45, 7) is 1.99. The lowest BCUT2D eigenvalue weighted by molar-refractivity contribution is -0.121. The van der Waals surface area contributed by atoms with Gasteiger partial charge in [0.25, 0.3) is 0 Å². The first-order chi connectivity index (χ1) is 11.3. The number of ether oxygens (including phenoxy) is 2. The van der Waals surface area contributed by atoms with E-state index in [0.717, 1.165) is 30.9 Å². The minimum Gasteiger partial charge on any atom is -0.497 e. The number of methoxy groups -OCH3 is 1. The predicted molar refractivity (Wildman–Crippen MR) is 91.0 cm³/mol. The molecule has 1 fully saturated rings. The molecule has 5 heteroatoms. The Morgan fingerprint density at radius 1 is 1.09 bits per heavy atom. The van der Waals surface area contributed by atoms with E-state index in [1.807, 2.05) is 24.3 Å². The number of carbonyl (C=O) groups is 1. The molecule has 128 valence electrons. The van der Waals surface area contributed by atoms with E-state index in [2.05, 4.69) is 10.6 Å². The highest BCUT2D eigenvalue weighted by Gasteiger charge is 2.14. The lowest BCUT2D eigenvalue weighted by Crippen LogP contribution is -2.37. The lowest BCUT2D eigenvalue weighted by atomic mass is 9.95. The van der Waals surface area contributed by atoms with Crippen molar-refractivity contribution in [3.8, 4) is 11.5 Å². The molecule has 0 aliphatic heterocycles. The van der Waals surface area contributed by atoms with Crippen LogP contribution in [0.1, 0.15) is 38.5 Å². The molecule has 1 aliphatic carbocycles. The highest BCUT2D eigenvalue weighted by molar-refractivity contribution is 5.76. The lowest BCUT2D eigenvalue weighted by Gasteiger charge is -2.22. The number of benzene rings is 1. The third-order valence-electron chi connectivity index (χ3n) is 4.11. The maximum absolute atomic E-state index is 11.8. The molecule has 2 N–H and O–H groups in total. The largest absolute Gasteiger partial charge is 0.497 e. The van der Waals surface area contributed by atoms with Gasteiger partial charge in [-0.25, -0.2) is 0 Å². The summed E-state index contributed by atoms with van der Waals surface area (Å²) in [6, 6.07) is 7.92. The van der Waals surface area contributed by atoms with Crippen LogP contribution < -0.4 is 20.1 Å². The van der Waals surface area contributed by atoms with Crippen LogP contribution in [0, 0.1) is 0 Å². The van der Waals surface area contributed by atoms with Crippen molar-refractivity contribution < 1.29 is 14.3 Å². The van der Waals surface area contributed by atoms with Crippen molar-refractivity contribution in [1.29, 1.82) is 0 Å². The zero-order chi connectivity index (χ0) is 16.3. The summed E-state index contributed by atoms with van der Waals surface area (Å²) in [5.74, 6) is 1.79. The Balaban J connectivity index is 1.49. The van der Waals surface area contributed by atoms with Gasteiger partial charge in [0, 0.05) is 25.6 Å². The number of nitrogens with one attached hydrogen (secondary N) is 2. The van der Waals surface area contributed by atoms with Gasteiger partial charge in [-0.15, -0.1) is 0 Å². The van der Waals surface area contributed by atoms with E-state index in [9.17, 15) is 4.79 Å². The van der Waals surface area contributed by atoms with Gasteiger partial charge in [-0.05, 0) is 37.1 Å². The standard InChI is InChI=1S/C18H28N2O3/c1-22-16-7-9-17(10-8-16)23-14-13-19-12-11-18(21)20-15-5-3-2-4-6-15/h7-10,15,19H,2-6,11-14H2,1H3,(H,20,21). The van der Waals surface area contributed by atoms with Crippen molar-refractivity contribution in [2.24, 2.45) is 0 Å². The fraction of sp³-hybridized carbons (Fsp3) is 0.611. The summed E-state index contributed by atoms with van der Waals surface area (Å²) in [5, 5.41) is 6.36. The van der Waals surface area contributed by atoms with Crippen LogP contribution in [0.4, 0.5) is 0 Å². The molecule has 1 amide bonds. The Bertz CT molecular complexity index is 456. The van der Waals surface area contributed by atoms with Crippen molar-refractivity contribution in [2.75, 3.05) is 26.8 Å². The molecule has 0 saturated heterocycles. The Labute approximate surface area is 138 Å². The van der Waals surface area contributed by atoms with Crippen molar-refractivity contribution in [2.45, 2.75) is 44.6 Å². The van der Waals surface area contributed by atoms with Gasteiger partial charge in [0.2, 0.25) is 5.91 Å². The second-order valence-electron chi connectivity index (χ2n) is 5.93. The topological polar surface area (TPSA) is 59.6 Å². The summed E-state index contributed by atoms with van der Waals surface area (Å²) >= 11 is 0. The molecule has 2 rings (SSSR count). The SMILES string of the molecule is COc1ccc(OCCNCCC(=O)NC2CCCCC2)cc1. The maximum Gasteiger partial charge on any atom is 0.221 e. The Kier molecular flexibility index (Phi) is 7.73. The predicted octanol–water partition coefficient (Wildman–Crippen LogP) is 2.50. The van der Waals surface area contributed by atoms with Crippen LogP contribution in [-0.4, -0.2) is 38.8 Å². The first-order valence-electron chi connectivity index (χ1n) is 8.55. The molecule has 5 nitrogen and oxygen atoms in total. The van der Waals surface area contributed by atoms with Gasteiger partial charge in [0.1, 0.15) is 18.1 Å². The van der Waals surface area contributed by atoms with Crippen molar-refractivity contribution in [3.05, 3.63) is 24.3 Å². The maximum atomic E-state index is 11.8. The van der Waals surface area contributed by atoms with E-state index in [4.69, 9.17) is 9.47 Å². The molecular formula is C18H28N2O3. The van der Waals surface area contributed by atoms with Crippen LogP contribution in [-0.2, 0) is 4.79 Å². The third kappa shape index (κ3) is 6.91. The van der Waals surface area contributed by atoms with Gasteiger partial charge in [0.05, 0.1) is 7.11 Å². The average molecular weight is 320 g/mol. The summed E-state index contributed by atoms with van der Waals surface area (Å²) in [7, 11) is 1.64. The number of amides is 1. The van der Waals surface area contributed by atoms with Gasteiger partial charge >= 0.3 is 0 Å². The van der Waals surface area contributed by atoms with Crippen molar-refractivity contribution >= 4 is 5.91 Å².